The van der Waals surface area contributed by atoms with Gasteiger partial charge in [-0.05, 0) is 53.2 Å². The molecule has 0 unspecified atom stereocenters. The Kier molecular flexibility index (Phi) is 6.64. The molecule has 0 N–H and O–H groups in total. The number of nitrogens with zero attached hydrogens (tertiary/aromatic N) is 4. The zero-order chi connectivity index (χ0) is 36.0. The highest BCUT2D eigenvalue weighted by atomic mass is 32.1. The van der Waals surface area contributed by atoms with E-state index in [1.807, 2.05) is 18.2 Å². The van der Waals surface area contributed by atoms with E-state index in [1.165, 1.54) is 62.7 Å². The molecule has 4 aromatic heterocycles. The maximum atomic E-state index is 5.41. The molecular formula is C49H28N4S2. The lowest BCUT2D eigenvalue weighted by Crippen LogP contribution is -2.01. The van der Waals surface area contributed by atoms with Crippen molar-refractivity contribution in [2.75, 3.05) is 0 Å². The molecule has 0 radical (unpaired) electrons. The van der Waals surface area contributed by atoms with Gasteiger partial charge in [0.05, 0.1) is 11.0 Å². The minimum atomic E-state index is 0.654. The van der Waals surface area contributed by atoms with E-state index >= 15 is 0 Å². The summed E-state index contributed by atoms with van der Waals surface area (Å²) < 4.78 is 7.24. The average molecular weight is 737 g/mol. The normalized spacial score (nSPS) is 12.0. The highest BCUT2D eigenvalue weighted by Crippen LogP contribution is 2.45. The third kappa shape index (κ3) is 4.65. The summed E-state index contributed by atoms with van der Waals surface area (Å²) in [6.07, 6.45) is 0. The summed E-state index contributed by atoms with van der Waals surface area (Å²) in [5.41, 5.74) is 6.36. The zero-order valence-electron chi connectivity index (χ0n) is 29.3. The topological polar surface area (TPSA) is 43.6 Å². The quantitative estimate of drug-likeness (QED) is 0.181. The Bertz CT molecular complexity index is 3500. The molecule has 12 aromatic rings. The molecule has 12 rings (SSSR count). The van der Waals surface area contributed by atoms with Gasteiger partial charge in [-0.2, -0.15) is 0 Å². The number of fused-ring (bicyclic) bond motifs is 11. The Labute approximate surface area is 323 Å². The lowest BCUT2D eigenvalue weighted by atomic mass is 10.0. The van der Waals surface area contributed by atoms with Gasteiger partial charge in [0.2, 0.25) is 0 Å². The number of hydrogen-bond acceptors (Lipinski definition) is 5. The lowest BCUT2D eigenvalue weighted by Gasteiger charge is -2.13. The van der Waals surface area contributed by atoms with E-state index in [9.17, 15) is 0 Å². The third-order valence-corrected chi connectivity index (χ3v) is 13.3. The summed E-state index contributed by atoms with van der Waals surface area (Å²) >= 11 is 3.59. The van der Waals surface area contributed by atoms with Crippen LogP contribution in [0.4, 0.5) is 0 Å². The smallest absolute Gasteiger partial charge is 0.165 e. The molecule has 0 spiro atoms. The molecule has 0 fully saturated rings. The van der Waals surface area contributed by atoms with Gasteiger partial charge < -0.3 is 4.57 Å². The molecule has 8 aromatic carbocycles. The van der Waals surface area contributed by atoms with Crippen LogP contribution in [0.1, 0.15) is 0 Å². The van der Waals surface area contributed by atoms with Crippen LogP contribution in [-0.4, -0.2) is 19.5 Å². The lowest BCUT2D eigenvalue weighted by molar-refractivity contribution is 1.08. The van der Waals surface area contributed by atoms with Crippen LogP contribution in [0.25, 0.3) is 113 Å². The van der Waals surface area contributed by atoms with Crippen LogP contribution < -0.4 is 0 Å². The Balaban J connectivity index is 1.19. The second-order valence-corrected chi connectivity index (χ2v) is 16.1. The Hall–Kier alpha value is -6.73. The maximum Gasteiger partial charge on any atom is 0.165 e. The van der Waals surface area contributed by atoms with Gasteiger partial charge in [-0.1, -0.05) is 127 Å². The zero-order valence-corrected chi connectivity index (χ0v) is 30.9. The largest absolute Gasteiger partial charge is 0.309 e. The summed E-state index contributed by atoms with van der Waals surface area (Å²) in [4.78, 5) is 15.9. The van der Waals surface area contributed by atoms with E-state index < -0.39 is 0 Å². The summed E-state index contributed by atoms with van der Waals surface area (Å²) in [6.45, 7) is 0. The first-order valence-electron chi connectivity index (χ1n) is 18.4. The van der Waals surface area contributed by atoms with Crippen molar-refractivity contribution in [3.8, 4) is 39.9 Å². The average Bonchev–Trinajstić information content (AvgIpc) is 3.93. The molecule has 6 heteroatoms. The van der Waals surface area contributed by atoms with Gasteiger partial charge >= 0.3 is 0 Å². The summed E-state index contributed by atoms with van der Waals surface area (Å²) in [6, 6.07) is 60.7. The van der Waals surface area contributed by atoms with E-state index in [0.717, 1.165) is 32.6 Å². The van der Waals surface area contributed by atoms with Crippen LogP contribution in [0.5, 0.6) is 0 Å². The highest BCUT2D eigenvalue weighted by Gasteiger charge is 2.22. The molecule has 0 aliphatic rings. The maximum absolute atomic E-state index is 5.41. The monoisotopic (exact) mass is 736 g/mol. The molecule has 0 aliphatic carbocycles. The van der Waals surface area contributed by atoms with Gasteiger partial charge in [-0.25, -0.2) is 15.0 Å². The molecule has 0 saturated carbocycles. The van der Waals surface area contributed by atoms with Gasteiger partial charge in [-0.15, -0.1) is 22.7 Å². The summed E-state index contributed by atoms with van der Waals surface area (Å²) in [7, 11) is 0. The number of para-hydroxylation sites is 1. The number of rotatable bonds is 4. The van der Waals surface area contributed by atoms with Crippen LogP contribution in [0.3, 0.4) is 0 Å². The van der Waals surface area contributed by atoms with Crippen LogP contribution in [-0.2, 0) is 0 Å². The van der Waals surface area contributed by atoms with E-state index in [1.54, 1.807) is 22.7 Å². The Morgan fingerprint density at radius 2 is 0.982 bits per heavy atom. The summed E-state index contributed by atoms with van der Waals surface area (Å²) in [5, 5.41) is 9.86. The van der Waals surface area contributed by atoms with Crippen LogP contribution in [0.15, 0.2) is 170 Å². The molecule has 55 heavy (non-hydrogen) atoms. The predicted molar refractivity (Wildman–Crippen MR) is 234 cm³/mol. The van der Waals surface area contributed by atoms with Crippen molar-refractivity contribution in [1.82, 2.24) is 19.5 Å². The van der Waals surface area contributed by atoms with Crippen molar-refractivity contribution in [3.63, 3.8) is 0 Å². The van der Waals surface area contributed by atoms with Gasteiger partial charge in [0, 0.05) is 73.5 Å². The molecule has 0 atom stereocenters. The minimum Gasteiger partial charge on any atom is -0.309 e. The van der Waals surface area contributed by atoms with Crippen molar-refractivity contribution in [1.29, 1.82) is 0 Å². The first-order valence-corrected chi connectivity index (χ1v) is 20.0. The number of aromatic nitrogens is 4. The molecule has 0 amide bonds. The van der Waals surface area contributed by atoms with E-state index in [2.05, 4.69) is 156 Å². The SMILES string of the molecule is c1ccc(-c2nc(-c3cccc4c3sc3ccccc34)nc(-c3cc(-n4c5ccccc5c5c6ccccc6ccc54)cc4c3sc3ccccc34)n2)cc1. The fraction of sp³-hybridized carbons (Fsp3) is 0. The van der Waals surface area contributed by atoms with Gasteiger partial charge in [0.25, 0.3) is 0 Å². The molecule has 0 saturated heterocycles. The van der Waals surface area contributed by atoms with Crippen molar-refractivity contribution in [3.05, 3.63) is 170 Å². The van der Waals surface area contributed by atoms with E-state index in [-0.39, 0.29) is 0 Å². The molecule has 4 nitrogen and oxygen atoms in total. The molecule has 256 valence electrons. The third-order valence-electron chi connectivity index (χ3n) is 10.8. The van der Waals surface area contributed by atoms with Gasteiger partial charge in [-0.3, -0.25) is 0 Å². The Morgan fingerprint density at radius 3 is 1.78 bits per heavy atom. The fourth-order valence-corrected chi connectivity index (χ4v) is 10.8. The molecular weight excluding hydrogens is 709 g/mol. The van der Waals surface area contributed by atoms with Crippen molar-refractivity contribution in [2.24, 2.45) is 0 Å². The first kappa shape index (κ1) is 30.7. The first-order chi connectivity index (χ1) is 27.3. The van der Waals surface area contributed by atoms with Crippen molar-refractivity contribution in [2.45, 2.75) is 0 Å². The number of hydrogen-bond donors (Lipinski definition) is 0. The Morgan fingerprint density at radius 1 is 0.382 bits per heavy atom. The molecule has 0 aliphatic heterocycles. The fourth-order valence-electron chi connectivity index (χ4n) is 8.38. The van der Waals surface area contributed by atoms with Gasteiger partial charge in [0.1, 0.15) is 0 Å². The van der Waals surface area contributed by atoms with Crippen molar-refractivity contribution >= 4 is 95.6 Å². The van der Waals surface area contributed by atoms with Crippen molar-refractivity contribution < 1.29 is 0 Å². The van der Waals surface area contributed by atoms with E-state index in [0.29, 0.717) is 17.5 Å². The second kappa shape index (κ2) is 11.9. The second-order valence-electron chi connectivity index (χ2n) is 14.0. The predicted octanol–water partition coefficient (Wildman–Crippen LogP) is 13.9. The number of benzene rings is 8. The van der Waals surface area contributed by atoms with Gasteiger partial charge in [0.15, 0.2) is 17.5 Å². The molecule has 4 heterocycles. The molecule has 0 bridgehead atoms. The highest BCUT2D eigenvalue weighted by molar-refractivity contribution is 7.26. The van der Waals surface area contributed by atoms with E-state index in [4.69, 9.17) is 15.0 Å². The van der Waals surface area contributed by atoms with Crippen LogP contribution in [0, 0.1) is 0 Å². The number of thiophene rings is 2. The standard InChI is InChI=1S/C49H28N4S2/c1-2-14-30(15-3-1)47-50-48(37-21-12-20-35-33-17-7-10-23-42(33)54-45(35)37)52-49(51-47)39-28-31(27-38-34-18-8-11-24-43(34)55-46(38)39)53-40-22-9-6-19-36(40)44-32-16-5-4-13-29(32)25-26-41(44)53/h1-28H. The summed E-state index contributed by atoms with van der Waals surface area (Å²) in [5.74, 6) is 1.98. The van der Waals surface area contributed by atoms with Crippen LogP contribution >= 0.6 is 22.7 Å². The minimum absolute atomic E-state index is 0.654. The van der Waals surface area contributed by atoms with Crippen LogP contribution in [0.2, 0.25) is 0 Å².